The second-order valence-corrected chi connectivity index (χ2v) is 11.9. The Morgan fingerprint density at radius 2 is 1.97 bits per heavy atom. The highest BCUT2D eigenvalue weighted by Gasteiger charge is 2.36. The normalized spacial score (nSPS) is 19.6. The molecule has 6 rings (SSSR count). The van der Waals surface area contributed by atoms with E-state index in [4.69, 9.17) is 0 Å². The van der Waals surface area contributed by atoms with E-state index in [0.717, 1.165) is 54.6 Å². The van der Waals surface area contributed by atoms with Crippen LogP contribution in [0.4, 0.5) is 13.2 Å². The number of halogens is 3. The Bertz CT molecular complexity index is 1550. The second kappa shape index (κ2) is 10.2. The number of rotatable bonds is 7. The molecule has 1 aliphatic carbocycles. The van der Waals surface area contributed by atoms with Crippen LogP contribution in [-0.4, -0.2) is 53.2 Å². The summed E-state index contributed by atoms with van der Waals surface area (Å²) in [5.74, 6) is 1.26. The van der Waals surface area contributed by atoms with Gasteiger partial charge in [0.25, 0.3) is 0 Å². The van der Waals surface area contributed by atoms with E-state index in [1.807, 2.05) is 29.8 Å². The van der Waals surface area contributed by atoms with Crippen molar-refractivity contribution in [3.63, 3.8) is 0 Å². The fourth-order valence-corrected chi connectivity index (χ4v) is 6.68. The quantitative estimate of drug-likeness (QED) is 0.317. The van der Waals surface area contributed by atoms with Gasteiger partial charge in [-0.15, -0.1) is 10.2 Å². The van der Waals surface area contributed by atoms with Crippen LogP contribution in [0.25, 0.3) is 11.2 Å². The third-order valence-electron chi connectivity index (χ3n) is 8.25. The van der Waals surface area contributed by atoms with Crippen molar-refractivity contribution in [1.82, 2.24) is 28.6 Å². The van der Waals surface area contributed by atoms with E-state index >= 15 is 0 Å². The van der Waals surface area contributed by atoms with Gasteiger partial charge in [0.15, 0.2) is 0 Å². The molecule has 2 aliphatic rings. The number of fused-ring (bicyclic) bond motifs is 1. The molecule has 206 valence electrons. The van der Waals surface area contributed by atoms with Crippen molar-refractivity contribution in [3.05, 3.63) is 82.1 Å². The lowest BCUT2D eigenvalue weighted by Crippen LogP contribution is -2.24. The summed E-state index contributed by atoms with van der Waals surface area (Å²) in [4.78, 5) is 15.7. The van der Waals surface area contributed by atoms with Gasteiger partial charge in [0.1, 0.15) is 12.2 Å². The highest BCUT2D eigenvalue weighted by molar-refractivity contribution is 7.99. The molecule has 1 saturated heterocycles. The summed E-state index contributed by atoms with van der Waals surface area (Å²) in [6.45, 7) is 2.04. The molecule has 2 atom stereocenters. The fraction of sp³-hybridized carbons (Fsp3) is 0.464. The van der Waals surface area contributed by atoms with Crippen LogP contribution < -0.4 is 5.69 Å². The molecule has 39 heavy (non-hydrogen) atoms. The van der Waals surface area contributed by atoms with Crippen molar-refractivity contribution in [2.45, 2.75) is 49.6 Å². The first-order valence-corrected chi connectivity index (χ1v) is 14.5. The minimum atomic E-state index is -4.59. The number of aryl methyl sites for hydroxylation is 1. The summed E-state index contributed by atoms with van der Waals surface area (Å²) in [5, 5.41) is 8.91. The number of aromatic nitrogens is 5. The summed E-state index contributed by atoms with van der Waals surface area (Å²) in [6, 6.07) is 8.72. The van der Waals surface area contributed by atoms with Crippen molar-refractivity contribution in [1.29, 1.82) is 0 Å². The zero-order valence-corrected chi connectivity index (χ0v) is 22.8. The van der Waals surface area contributed by atoms with Gasteiger partial charge < -0.3 is 4.57 Å². The Morgan fingerprint density at radius 1 is 1.15 bits per heavy atom. The molecule has 1 saturated carbocycles. The average molecular weight is 557 g/mol. The molecule has 1 unspecified atom stereocenters. The molecule has 7 nitrogen and oxygen atoms in total. The Balaban J connectivity index is 1.42. The monoisotopic (exact) mass is 556 g/mol. The van der Waals surface area contributed by atoms with Gasteiger partial charge >= 0.3 is 11.9 Å². The summed E-state index contributed by atoms with van der Waals surface area (Å²) in [7, 11) is 1.91. The molecule has 1 aromatic carbocycles. The molecular formula is C28H31F3N6OS. The number of hydrogen-bond donors (Lipinski definition) is 0. The molecule has 4 heterocycles. The molecule has 0 N–H and O–H groups in total. The zero-order chi connectivity index (χ0) is 27.3. The molecule has 4 aromatic rings. The lowest BCUT2D eigenvalue weighted by atomic mass is 9.72. The number of imidazole rings is 1. The first-order chi connectivity index (χ1) is 18.7. The SMILES string of the molecule is CSC1CCN(Cc2cc(C(F)(F)F)c3cn(-c4cccc([C@H](c5nncn5C)C5CCC5)c4)c(=O)n3c2)C1. The summed E-state index contributed by atoms with van der Waals surface area (Å²) in [6.07, 6.45) is 6.34. The van der Waals surface area contributed by atoms with Crippen molar-refractivity contribution in [3.8, 4) is 5.69 Å². The molecule has 0 radical (unpaired) electrons. The van der Waals surface area contributed by atoms with Crippen LogP contribution >= 0.6 is 11.8 Å². The molecule has 11 heteroatoms. The van der Waals surface area contributed by atoms with Gasteiger partial charge in [-0.3, -0.25) is 13.9 Å². The minimum absolute atomic E-state index is 0.00171. The van der Waals surface area contributed by atoms with Crippen molar-refractivity contribution < 1.29 is 13.2 Å². The van der Waals surface area contributed by atoms with E-state index in [-0.39, 0.29) is 11.4 Å². The van der Waals surface area contributed by atoms with Crippen LogP contribution in [0.5, 0.6) is 0 Å². The van der Waals surface area contributed by atoms with Crippen LogP contribution in [0.2, 0.25) is 0 Å². The van der Waals surface area contributed by atoms with E-state index in [2.05, 4.69) is 21.4 Å². The van der Waals surface area contributed by atoms with Crippen molar-refractivity contribution in [2.75, 3.05) is 19.3 Å². The lowest BCUT2D eigenvalue weighted by Gasteiger charge is -2.33. The topological polar surface area (TPSA) is 60.4 Å². The molecule has 0 amide bonds. The number of likely N-dealkylation sites (tertiary alicyclic amines) is 1. The zero-order valence-electron chi connectivity index (χ0n) is 21.9. The predicted octanol–water partition coefficient (Wildman–Crippen LogP) is 5.11. The van der Waals surface area contributed by atoms with E-state index in [1.165, 1.54) is 16.8 Å². The first-order valence-electron chi connectivity index (χ1n) is 13.3. The number of thioether (sulfide) groups is 1. The first kappa shape index (κ1) is 26.2. The Morgan fingerprint density at radius 3 is 2.62 bits per heavy atom. The van der Waals surface area contributed by atoms with E-state index in [9.17, 15) is 18.0 Å². The molecule has 0 bridgehead atoms. The van der Waals surface area contributed by atoms with Gasteiger partial charge in [-0.25, -0.2) is 4.79 Å². The molecule has 3 aromatic heterocycles. The largest absolute Gasteiger partial charge is 0.418 e. The Labute approximate surface area is 228 Å². The number of nitrogens with zero attached hydrogens (tertiary/aromatic N) is 6. The average Bonchev–Trinajstić information content (AvgIpc) is 3.60. The van der Waals surface area contributed by atoms with Gasteiger partial charge in [0, 0.05) is 43.7 Å². The summed E-state index contributed by atoms with van der Waals surface area (Å²) < 4.78 is 47.0. The highest BCUT2D eigenvalue weighted by atomic mass is 32.2. The third kappa shape index (κ3) is 4.91. The number of pyridine rings is 1. The predicted molar refractivity (Wildman–Crippen MR) is 145 cm³/mol. The number of hydrogen-bond acceptors (Lipinski definition) is 5. The fourth-order valence-electron chi connectivity index (χ4n) is 5.98. The van der Waals surface area contributed by atoms with Crippen molar-refractivity contribution >= 4 is 17.3 Å². The maximum atomic E-state index is 14.2. The molecular weight excluding hydrogens is 525 g/mol. The second-order valence-electron chi connectivity index (χ2n) is 10.7. The van der Waals surface area contributed by atoms with E-state index in [0.29, 0.717) is 29.0 Å². The Kier molecular flexibility index (Phi) is 6.83. The van der Waals surface area contributed by atoms with Crippen LogP contribution in [0.1, 0.15) is 54.1 Å². The van der Waals surface area contributed by atoms with Crippen LogP contribution in [0.15, 0.2) is 53.8 Å². The molecule has 1 aliphatic heterocycles. The third-order valence-corrected chi connectivity index (χ3v) is 9.30. The summed E-state index contributed by atoms with van der Waals surface area (Å²) >= 11 is 1.78. The van der Waals surface area contributed by atoms with Gasteiger partial charge in [0.05, 0.1) is 16.8 Å². The van der Waals surface area contributed by atoms with E-state index < -0.39 is 17.4 Å². The van der Waals surface area contributed by atoms with Crippen LogP contribution in [0.3, 0.4) is 0 Å². The molecule has 2 fully saturated rings. The maximum Gasteiger partial charge on any atom is 0.418 e. The smallest absolute Gasteiger partial charge is 0.320 e. The minimum Gasteiger partial charge on any atom is -0.320 e. The Hall–Kier alpha value is -3.05. The molecule has 0 spiro atoms. The summed E-state index contributed by atoms with van der Waals surface area (Å²) in [5.41, 5.74) is 0.538. The van der Waals surface area contributed by atoms with E-state index in [1.54, 1.807) is 30.4 Å². The maximum absolute atomic E-state index is 14.2. The highest BCUT2D eigenvalue weighted by Crippen LogP contribution is 2.43. The number of alkyl halides is 3. The van der Waals surface area contributed by atoms with Crippen LogP contribution in [-0.2, 0) is 19.8 Å². The standard InChI is InChI=1S/C28H31F3N6OS/c1-34-17-32-33-26(34)25(19-5-3-6-19)20-7-4-8-21(12-20)36-16-24-23(28(29,30)31)11-18(14-37(24)27(36)38)13-35-10-9-22(15-35)39-2/h4,7-8,11-12,14,16-17,19,22,25H,3,5-6,9-10,13,15H2,1-2H3/t22?,25-/m1/s1. The van der Waals surface area contributed by atoms with Gasteiger partial charge in [0.2, 0.25) is 0 Å². The van der Waals surface area contributed by atoms with Gasteiger partial charge in [-0.1, -0.05) is 18.6 Å². The van der Waals surface area contributed by atoms with Gasteiger partial charge in [-0.05, 0) is 67.3 Å². The number of benzene rings is 1. The van der Waals surface area contributed by atoms with Crippen LogP contribution in [0, 0.1) is 5.92 Å². The lowest BCUT2D eigenvalue weighted by molar-refractivity contribution is -0.136. The van der Waals surface area contributed by atoms with Crippen molar-refractivity contribution in [2.24, 2.45) is 13.0 Å². The van der Waals surface area contributed by atoms with Gasteiger partial charge in [-0.2, -0.15) is 24.9 Å².